The maximum atomic E-state index is 11.5. The number of methoxy groups -OCH3 is 1. The Morgan fingerprint density at radius 3 is 2.48 bits per heavy atom. The molecule has 0 amide bonds. The minimum atomic E-state index is -0.582. The van der Waals surface area contributed by atoms with Crippen molar-refractivity contribution in [2.75, 3.05) is 7.11 Å². The van der Waals surface area contributed by atoms with E-state index in [2.05, 4.69) is 0 Å². The predicted octanol–water partition coefficient (Wildman–Crippen LogP) is 3.08. The molecule has 0 aromatic heterocycles. The molecule has 21 heavy (non-hydrogen) atoms. The Hall–Kier alpha value is -2.11. The van der Waals surface area contributed by atoms with Gasteiger partial charge < -0.3 is 9.47 Å². The highest BCUT2D eigenvalue weighted by molar-refractivity contribution is 5.70. The van der Waals surface area contributed by atoms with E-state index in [0.717, 1.165) is 24.8 Å². The number of carbonyl (C=O) groups excluding carboxylic acids is 1. The number of ether oxygens (including phenoxy) is 2. The van der Waals surface area contributed by atoms with Crippen LogP contribution < -0.4 is 4.74 Å². The van der Waals surface area contributed by atoms with Gasteiger partial charge >= 0.3 is 5.97 Å². The summed E-state index contributed by atoms with van der Waals surface area (Å²) in [4.78, 5) is 22.1. The van der Waals surface area contributed by atoms with Gasteiger partial charge in [-0.15, -0.1) is 0 Å². The summed E-state index contributed by atoms with van der Waals surface area (Å²) in [6.45, 7) is 3.54. The van der Waals surface area contributed by atoms with E-state index >= 15 is 0 Å². The van der Waals surface area contributed by atoms with Crippen LogP contribution in [0.15, 0.2) is 12.1 Å². The van der Waals surface area contributed by atoms with Gasteiger partial charge in [0.1, 0.15) is 11.4 Å². The van der Waals surface area contributed by atoms with Gasteiger partial charge in [-0.05, 0) is 44.7 Å². The highest BCUT2D eigenvalue weighted by atomic mass is 16.6. The number of nitro benzene ring substituents is 1. The number of hydrogen-bond donors (Lipinski definition) is 0. The van der Waals surface area contributed by atoms with Crippen LogP contribution >= 0.6 is 0 Å². The lowest BCUT2D eigenvalue weighted by Crippen LogP contribution is -2.45. The molecule has 0 unspecified atom stereocenters. The third-order valence-electron chi connectivity index (χ3n) is 3.98. The van der Waals surface area contributed by atoms with Crippen molar-refractivity contribution in [3.63, 3.8) is 0 Å². The third-order valence-corrected chi connectivity index (χ3v) is 3.98. The third kappa shape index (κ3) is 3.15. The molecule has 1 aliphatic rings. The lowest BCUT2D eigenvalue weighted by atomic mass is 9.77. The summed E-state index contributed by atoms with van der Waals surface area (Å²) in [7, 11) is 1.34. The predicted molar refractivity (Wildman–Crippen MR) is 76.4 cm³/mol. The van der Waals surface area contributed by atoms with E-state index in [1.54, 1.807) is 13.0 Å². The van der Waals surface area contributed by atoms with Crippen LogP contribution in [0.4, 0.5) is 5.69 Å². The monoisotopic (exact) mass is 293 g/mol. The highest BCUT2D eigenvalue weighted by Gasteiger charge is 2.42. The quantitative estimate of drug-likeness (QED) is 0.473. The van der Waals surface area contributed by atoms with Crippen LogP contribution in [0.25, 0.3) is 0 Å². The minimum absolute atomic E-state index is 0.0307. The fourth-order valence-corrected chi connectivity index (χ4v) is 2.58. The molecular formula is C15H19NO5. The van der Waals surface area contributed by atoms with E-state index in [0.29, 0.717) is 11.3 Å². The Labute approximate surface area is 123 Å². The van der Waals surface area contributed by atoms with Crippen molar-refractivity contribution in [3.05, 3.63) is 33.4 Å². The highest BCUT2D eigenvalue weighted by Crippen LogP contribution is 2.41. The van der Waals surface area contributed by atoms with Crippen molar-refractivity contribution in [3.8, 4) is 5.75 Å². The smallest absolute Gasteiger partial charge is 0.309 e. The van der Waals surface area contributed by atoms with Gasteiger partial charge in [-0.2, -0.15) is 0 Å². The zero-order chi connectivity index (χ0) is 15.6. The van der Waals surface area contributed by atoms with Gasteiger partial charge in [-0.1, -0.05) is 0 Å². The lowest BCUT2D eigenvalue weighted by Gasteiger charge is -2.41. The molecule has 0 atom stereocenters. The molecule has 1 fully saturated rings. The fraction of sp³-hybridized carbons (Fsp3) is 0.533. The van der Waals surface area contributed by atoms with Gasteiger partial charge in [0.15, 0.2) is 0 Å². The van der Waals surface area contributed by atoms with Crippen molar-refractivity contribution in [1.82, 2.24) is 0 Å². The van der Waals surface area contributed by atoms with Crippen LogP contribution in [0.1, 0.15) is 36.8 Å². The summed E-state index contributed by atoms with van der Waals surface area (Å²) >= 11 is 0. The molecule has 6 heteroatoms. The van der Waals surface area contributed by atoms with E-state index in [1.165, 1.54) is 13.2 Å². The van der Waals surface area contributed by atoms with Gasteiger partial charge in [0.05, 0.1) is 24.5 Å². The molecule has 0 aliphatic heterocycles. The van der Waals surface area contributed by atoms with E-state index in [1.807, 2.05) is 6.92 Å². The Balaban J connectivity index is 2.27. The Morgan fingerprint density at radius 1 is 1.33 bits per heavy atom. The Kier molecular flexibility index (Phi) is 4.16. The van der Waals surface area contributed by atoms with Crippen molar-refractivity contribution < 1.29 is 19.2 Å². The standard InChI is InChI=1S/C15H19NO5/c1-10-7-11(2)13(8-12(10)16(18)19)21-15(5-4-6-15)9-14(17)20-3/h7-8H,4-6,9H2,1-3H3. The van der Waals surface area contributed by atoms with Crippen molar-refractivity contribution in [2.24, 2.45) is 0 Å². The Morgan fingerprint density at radius 2 is 2.00 bits per heavy atom. The van der Waals surface area contributed by atoms with Crippen molar-refractivity contribution >= 4 is 11.7 Å². The van der Waals surface area contributed by atoms with Crippen LogP contribution in [0, 0.1) is 24.0 Å². The second kappa shape index (κ2) is 5.71. The number of carbonyl (C=O) groups is 1. The molecule has 0 bridgehead atoms. The topological polar surface area (TPSA) is 78.7 Å². The molecule has 0 radical (unpaired) electrons. The molecule has 1 saturated carbocycles. The molecule has 6 nitrogen and oxygen atoms in total. The molecule has 0 saturated heterocycles. The molecule has 1 aliphatic carbocycles. The average Bonchev–Trinajstić information content (AvgIpc) is 2.38. The van der Waals surface area contributed by atoms with Crippen LogP contribution in [0.5, 0.6) is 5.75 Å². The largest absolute Gasteiger partial charge is 0.486 e. The molecule has 2 rings (SSSR count). The fourth-order valence-electron chi connectivity index (χ4n) is 2.58. The number of nitrogens with zero attached hydrogens (tertiary/aromatic N) is 1. The second-order valence-corrected chi connectivity index (χ2v) is 5.55. The zero-order valence-electron chi connectivity index (χ0n) is 12.5. The normalized spacial score (nSPS) is 16.0. The number of rotatable bonds is 5. The van der Waals surface area contributed by atoms with Crippen LogP contribution in [0.2, 0.25) is 0 Å². The van der Waals surface area contributed by atoms with E-state index in [9.17, 15) is 14.9 Å². The molecule has 0 heterocycles. The first-order chi connectivity index (χ1) is 9.87. The minimum Gasteiger partial charge on any atom is -0.486 e. The summed E-state index contributed by atoms with van der Waals surface area (Å²) in [5.74, 6) is 0.143. The van der Waals surface area contributed by atoms with Gasteiger partial charge in [0.2, 0.25) is 0 Å². The molecule has 1 aromatic carbocycles. The Bertz CT molecular complexity index is 578. The zero-order valence-corrected chi connectivity index (χ0v) is 12.5. The first kappa shape index (κ1) is 15.3. The van der Waals surface area contributed by atoms with Gasteiger partial charge in [-0.25, -0.2) is 0 Å². The molecule has 0 N–H and O–H groups in total. The SMILES string of the molecule is COC(=O)CC1(Oc2cc([N+](=O)[O-])c(C)cc2C)CCC1. The number of nitro groups is 1. The van der Waals surface area contributed by atoms with Gasteiger partial charge in [0, 0.05) is 5.56 Å². The van der Waals surface area contributed by atoms with Crippen LogP contribution in [0.3, 0.4) is 0 Å². The van der Waals surface area contributed by atoms with Gasteiger partial charge in [0.25, 0.3) is 5.69 Å². The van der Waals surface area contributed by atoms with Crippen LogP contribution in [-0.4, -0.2) is 23.6 Å². The molecule has 1 aromatic rings. The van der Waals surface area contributed by atoms with E-state index in [4.69, 9.17) is 9.47 Å². The maximum absolute atomic E-state index is 11.5. The second-order valence-electron chi connectivity index (χ2n) is 5.55. The average molecular weight is 293 g/mol. The van der Waals surface area contributed by atoms with E-state index in [-0.39, 0.29) is 18.1 Å². The number of esters is 1. The number of benzene rings is 1. The lowest BCUT2D eigenvalue weighted by molar-refractivity contribution is -0.385. The summed E-state index contributed by atoms with van der Waals surface area (Å²) in [5.41, 5.74) is 0.874. The van der Waals surface area contributed by atoms with Crippen LogP contribution in [-0.2, 0) is 9.53 Å². The summed E-state index contributed by atoms with van der Waals surface area (Å²) < 4.78 is 10.7. The molecular weight excluding hydrogens is 274 g/mol. The van der Waals surface area contributed by atoms with E-state index < -0.39 is 10.5 Å². The van der Waals surface area contributed by atoms with Gasteiger partial charge in [-0.3, -0.25) is 14.9 Å². The number of hydrogen-bond acceptors (Lipinski definition) is 5. The van der Waals surface area contributed by atoms with Crippen molar-refractivity contribution in [1.29, 1.82) is 0 Å². The summed E-state index contributed by atoms with van der Waals surface area (Å²) in [5, 5.41) is 11.0. The summed E-state index contributed by atoms with van der Waals surface area (Å²) in [6, 6.07) is 3.18. The first-order valence-electron chi connectivity index (χ1n) is 6.88. The first-order valence-corrected chi connectivity index (χ1v) is 6.88. The molecule has 114 valence electrons. The van der Waals surface area contributed by atoms with Crippen molar-refractivity contribution in [2.45, 2.75) is 45.1 Å². The number of aryl methyl sites for hydroxylation is 2. The maximum Gasteiger partial charge on any atom is 0.309 e. The molecule has 0 spiro atoms. The summed E-state index contributed by atoms with van der Waals surface area (Å²) in [6.07, 6.45) is 2.65.